The highest BCUT2D eigenvalue weighted by atomic mass is 32.2. The lowest BCUT2D eigenvalue weighted by Gasteiger charge is -2.35. The van der Waals surface area contributed by atoms with Gasteiger partial charge in [-0.2, -0.15) is 4.31 Å². The first kappa shape index (κ1) is 25.2. The summed E-state index contributed by atoms with van der Waals surface area (Å²) >= 11 is 1.73. The molecule has 4 heterocycles. The third kappa shape index (κ3) is 5.42. The minimum Gasteiger partial charge on any atom is -0.369 e. The Hall–Kier alpha value is -2.50. The summed E-state index contributed by atoms with van der Waals surface area (Å²) in [6, 6.07) is 6.40. The minimum atomic E-state index is -3.13. The van der Waals surface area contributed by atoms with E-state index in [-0.39, 0.29) is 5.75 Å². The zero-order chi connectivity index (χ0) is 25.1. The maximum atomic E-state index is 12.4. The number of fused-ring (bicyclic) bond motifs is 1. The second-order valence-electron chi connectivity index (χ2n) is 9.47. The van der Waals surface area contributed by atoms with Gasteiger partial charge in [0.2, 0.25) is 16.0 Å². The molecule has 5 rings (SSSR count). The Morgan fingerprint density at radius 3 is 2.19 bits per heavy atom. The lowest BCUT2D eigenvalue weighted by atomic mass is 10.2. The molecule has 0 unspecified atom stereocenters. The average molecular weight is 530 g/mol. The van der Waals surface area contributed by atoms with Gasteiger partial charge in [-0.3, -0.25) is 0 Å². The number of aromatic nitrogens is 3. The van der Waals surface area contributed by atoms with Crippen LogP contribution in [0.5, 0.6) is 0 Å². The lowest BCUT2D eigenvalue weighted by Crippen LogP contribution is -2.49. The molecule has 2 aromatic heterocycles. The van der Waals surface area contributed by atoms with Crippen LogP contribution >= 0.6 is 11.3 Å². The molecular formula is C25H35N7O2S2. The van der Waals surface area contributed by atoms with E-state index in [4.69, 9.17) is 4.98 Å². The van der Waals surface area contributed by atoms with E-state index in [0.717, 1.165) is 61.3 Å². The molecule has 36 heavy (non-hydrogen) atoms. The lowest BCUT2D eigenvalue weighted by molar-refractivity contribution is 0.384. The van der Waals surface area contributed by atoms with Crippen molar-refractivity contribution in [3.8, 4) is 0 Å². The molecule has 2 saturated heterocycles. The summed E-state index contributed by atoms with van der Waals surface area (Å²) < 4.78 is 27.6. The highest BCUT2D eigenvalue weighted by molar-refractivity contribution is 7.89. The summed E-state index contributed by atoms with van der Waals surface area (Å²) in [5.41, 5.74) is 3.34. The summed E-state index contributed by atoms with van der Waals surface area (Å²) in [5.74, 6) is 1.04. The third-order valence-corrected chi connectivity index (χ3v) is 10.0. The average Bonchev–Trinajstić information content (AvgIpc) is 3.33. The molecule has 0 N–H and O–H groups in total. The summed E-state index contributed by atoms with van der Waals surface area (Å²) in [4.78, 5) is 20.9. The van der Waals surface area contributed by atoms with Crippen LogP contribution in [-0.4, -0.2) is 85.8 Å². The van der Waals surface area contributed by atoms with E-state index < -0.39 is 10.0 Å². The largest absolute Gasteiger partial charge is 0.369 e. The minimum absolute atomic E-state index is 0.231. The quantitative estimate of drug-likeness (QED) is 0.440. The summed E-state index contributed by atoms with van der Waals surface area (Å²) in [6.45, 7) is 10.1. The first-order valence-corrected chi connectivity index (χ1v) is 15.3. The van der Waals surface area contributed by atoms with Crippen LogP contribution in [0.4, 0.5) is 16.8 Å². The second kappa shape index (κ2) is 10.9. The molecule has 1 aromatic carbocycles. The number of benzene rings is 1. The van der Waals surface area contributed by atoms with Crippen molar-refractivity contribution >= 4 is 48.3 Å². The highest BCUT2D eigenvalue weighted by Gasteiger charge is 2.27. The highest BCUT2D eigenvalue weighted by Crippen LogP contribution is 2.33. The van der Waals surface area contributed by atoms with Gasteiger partial charge in [0, 0.05) is 70.4 Å². The molecule has 0 saturated carbocycles. The second-order valence-corrected chi connectivity index (χ2v) is 12.6. The fourth-order valence-electron chi connectivity index (χ4n) is 4.87. The van der Waals surface area contributed by atoms with Crippen molar-refractivity contribution in [2.75, 3.05) is 72.8 Å². The molecule has 0 radical (unpaired) electrons. The fourth-order valence-corrected chi connectivity index (χ4v) is 7.42. The predicted molar refractivity (Wildman–Crippen MR) is 148 cm³/mol. The third-order valence-electron chi connectivity index (χ3n) is 6.88. The van der Waals surface area contributed by atoms with Gasteiger partial charge >= 0.3 is 0 Å². The van der Waals surface area contributed by atoms with Crippen LogP contribution in [0.15, 0.2) is 30.6 Å². The fraction of sp³-hybridized carbons (Fsp3) is 0.560. The zero-order valence-electron chi connectivity index (χ0n) is 21.1. The van der Waals surface area contributed by atoms with Gasteiger partial charge in [0.1, 0.15) is 0 Å². The molecule has 0 aliphatic carbocycles. The topological polar surface area (TPSA) is 85.8 Å². The number of hydrogen-bond acceptors (Lipinski definition) is 9. The van der Waals surface area contributed by atoms with Gasteiger partial charge in [-0.05, 0) is 36.6 Å². The standard InChI is InChI=1S/C25H35N7O2S2/c1-3-5-20-18-26-24(27-19-20)30-8-10-31(11-9-30)25-28-22-7-6-21(17-23(22)35-25)29-12-14-32(15-13-29)36(33,34)16-4-2/h6-7,17-19H,3-5,8-16H2,1-2H3. The van der Waals surface area contributed by atoms with E-state index in [2.05, 4.69) is 49.8 Å². The number of hydrogen-bond donors (Lipinski definition) is 0. The van der Waals surface area contributed by atoms with Gasteiger partial charge in [-0.15, -0.1) is 0 Å². The number of thiazole rings is 1. The van der Waals surface area contributed by atoms with Gasteiger partial charge < -0.3 is 14.7 Å². The summed E-state index contributed by atoms with van der Waals surface area (Å²) in [7, 11) is -3.13. The number of anilines is 3. The van der Waals surface area contributed by atoms with Gasteiger partial charge in [-0.25, -0.2) is 23.4 Å². The normalized spacial score (nSPS) is 17.8. The monoisotopic (exact) mass is 529 g/mol. The van der Waals surface area contributed by atoms with Crippen LogP contribution in [-0.2, 0) is 16.4 Å². The molecule has 11 heteroatoms. The van der Waals surface area contributed by atoms with E-state index in [0.29, 0.717) is 32.6 Å². The van der Waals surface area contributed by atoms with Crippen LogP contribution in [0.1, 0.15) is 32.3 Å². The smallest absolute Gasteiger partial charge is 0.225 e. The molecule has 2 fully saturated rings. The maximum Gasteiger partial charge on any atom is 0.225 e. The Bertz CT molecular complexity index is 1260. The van der Waals surface area contributed by atoms with E-state index >= 15 is 0 Å². The van der Waals surface area contributed by atoms with Crippen molar-refractivity contribution in [1.29, 1.82) is 0 Å². The summed E-state index contributed by atoms with van der Waals surface area (Å²) in [6.07, 6.45) is 6.68. The maximum absolute atomic E-state index is 12.4. The Morgan fingerprint density at radius 1 is 0.861 bits per heavy atom. The number of sulfonamides is 1. The van der Waals surface area contributed by atoms with Crippen LogP contribution in [0.3, 0.4) is 0 Å². The Kier molecular flexibility index (Phi) is 7.59. The number of nitrogens with zero attached hydrogens (tertiary/aromatic N) is 7. The van der Waals surface area contributed by atoms with Gasteiger partial charge in [0.15, 0.2) is 5.13 Å². The number of piperazine rings is 2. The first-order valence-electron chi connectivity index (χ1n) is 12.9. The molecule has 2 aliphatic rings. The Labute approximate surface area is 217 Å². The van der Waals surface area contributed by atoms with Crippen LogP contribution in [0.25, 0.3) is 10.2 Å². The van der Waals surface area contributed by atoms with Crippen molar-refractivity contribution in [2.24, 2.45) is 0 Å². The molecule has 194 valence electrons. The van der Waals surface area contributed by atoms with E-state index in [1.54, 1.807) is 15.6 Å². The SMILES string of the molecule is CCCc1cnc(N2CCN(c3nc4ccc(N5CCN(S(=O)(=O)CCC)CC5)cc4s3)CC2)nc1. The predicted octanol–water partition coefficient (Wildman–Crippen LogP) is 3.23. The number of rotatable bonds is 8. The Morgan fingerprint density at radius 2 is 1.53 bits per heavy atom. The van der Waals surface area contributed by atoms with Crippen LogP contribution < -0.4 is 14.7 Å². The van der Waals surface area contributed by atoms with E-state index in [9.17, 15) is 8.42 Å². The zero-order valence-corrected chi connectivity index (χ0v) is 22.8. The molecule has 9 nitrogen and oxygen atoms in total. The summed E-state index contributed by atoms with van der Waals surface area (Å²) in [5, 5.41) is 1.05. The van der Waals surface area contributed by atoms with Crippen LogP contribution in [0, 0.1) is 0 Å². The van der Waals surface area contributed by atoms with Crippen molar-refractivity contribution in [2.45, 2.75) is 33.1 Å². The van der Waals surface area contributed by atoms with Crippen molar-refractivity contribution in [3.63, 3.8) is 0 Å². The Balaban J connectivity index is 1.20. The first-order chi connectivity index (χ1) is 17.5. The molecule has 0 bridgehead atoms. The molecule has 0 spiro atoms. The van der Waals surface area contributed by atoms with Gasteiger partial charge in [-0.1, -0.05) is 31.6 Å². The van der Waals surface area contributed by atoms with Gasteiger partial charge in [0.05, 0.1) is 16.0 Å². The molecule has 0 amide bonds. The van der Waals surface area contributed by atoms with E-state index in [1.807, 2.05) is 19.3 Å². The van der Waals surface area contributed by atoms with Crippen molar-refractivity contribution < 1.29 is 8.42 Å². The molecular weight excluding hydrogens is 494 g/mol. The molecule has 2 aliphatic heterocycles. The molecule has 3 aromatic rings. The number of aryl methyl sites for hydroxylation is 1. The molecule has 0 atom stereocenters. The van der Waals surface area contributed by atoms with Crippen molar-refractivity contribution in [3.05, 3.63) is 36.2 Å². The van der Waals surface area contributed by atoms with Gasteiger partial charge in [0.25, 0.3) is 0 Å². The van der Waals surface area contributed by atoms with E-state index in [1.165, 1.54) is 10.3 Å². The van der Waals surface area contributed by atoms with Crippen molar-refractivity contribution in [1.82, 2.24) is 19.3 Å². The van der Waals surface area contributed by atoms with Crippen LogP contribution in [0.2, 0.25) is 0 Å².